The smallest absolute Gasteiger partial charge is 0.147 e. The van der Waals surface area contributed by atoms with Crippen LogP contribution in [0.15, 0.2) is 33.2 Å². The lowest BCUT2D eigenvalue weighted by atomic mass is 9.85. The van der Waals surface area contributed by atoms with Crippen LogP contribution in [0.4, 0.5) is 8.78 Å². The molecule has 0 spiro atoms. The van der Waals surface area contributed by atoms with E-state index < -0.39 is 11.8 Å². The summed E-state index contributed by atoms with van der Waals surface area (Å²) in [6.07, 6.45) is 0. The van der Waals surface area contributed by atoms with Crippen molar-refractivity contribution in [1.82, 2.24) is 0 Å². The van der Waals surface area contributed by atoms with Crippen LogP contribution in [0.3, 0.4) is 0 Å². The summed E-state index contributed by atoms with van der Waals surface area (Å²) >= 11 is 6.49. The summed E-state index contributed by atoms with van der Waals surface area (Å²) in [4.78, 5) is 12.9. The van der Waals surface area contributed by atoms with E-state index in [1.807, 2.05) is 0 Å². The quantitative estimate of drug-likeness (QED) is 0.504. The molecule has 0 saturated carbocycles. The van der Waals surface area contributed by atoms with E-state index in [2.05, 4.69) is 31.9 Å². The standard InChI is InChI=1S/C19H18Br2F2O/c1-9-5-7-13(15(20)17(9)22)11(3)19(24)12(4)14-8-6-10(2)18(23)16(14)21/h5-8,11-12H,1-4H3. The van der Waals surface area contributed by atoms with Gasteiger partial charge >= 0.3 is 0 Å². The van der Waals surface area contributed by atoms with Gasteiger partial charge < -0.3 is 0 Å². The molecule has 2 atom stereocenters. The van der Waals surface area contributed by atoms with Crippen LogP contribution in [-0.4, -0.2) is 5.78 Å². The Bertz CT molecular complexity index is 737. The molecular formula is C19H18Br2F2O. The van der Waals surface area contributed by atoms with E-state index in [1.54, 1.807) is 52.0 Å². The van der Waals surface area contributed by atoms with Crippen molar-refractivity contribution in [2.75, 3.05) is 0 Å². The van der Waals surface area contributed by atoms with Crippen molar-refractivity contribution in [3.8, 4) is 0 Å². The Kier molecular flexibility index (Phi) is 5.97. The number of carbonyl (C=O) groups excluding carboxylic acids is 1. The van der Waals surface area contributed by atoms with Gasteiger partial charge in [0, 0.05) is 11.8 Å². The van der Waals surface area contributed by atoms with Gasteiger partial charge in [-0.05, 0) is 68.0 Å². The maximum absolute atomic E-state index is 14.1. The molecular weight excluding hydrogens is 442 g/mol. The summed E-state index contributed by atoms with van der Waals surface area (Å²) in [6.45, 7) is 6.83. The fourth-order valence-electron chi connectivity index (χ4n) is 2.67. The summed E-state index contributed by atoms with van der Waals surface area (Å²) in [5.74, 6) is -1.84. The first-order chi connectivity index (χ1) is 11.2. The fourth-order valence-corrected chi connectivity index (χ4v) is 4.25. The molecule has 2 rings (SSSR count). The average Bonchev–Trinajstić information content (AvgIpc) is 2.56. The van der Waals surface area contributed by atoms with Gasteiger partial charge in [-0.15, -0.1) is 0 Å². The van der Waals surface area contributed by atoms with Crippen molar-refractivity contribution >= 4 is 37.6 Å². The lowest BCUT2D eigenvalue weighted by Crippen LogP contribution is -2.18. The van der Waals surface area contributed by atoms with E-state index >= 15 is 0 Å². The Morgan fingerprint density at radius 1 is 0.833 bits per heavy atom. The molecule has 5 heteroatoms. The highest BCUT2D eigenvalue weighted by Gasteiger charge is 2.27. The van der Waals surface area contributed by atoms with Crippen molar-refractivity contribution in [3.63, 3.8) is 0 Å². The second-order valence-corrected chi connectivity index (χ2v) is 7.63. The number of Topliss-reactive ketones (excluding diaryl/α,β-unsaturated/α-hetero) is 1. The minimum absolute atomic E-state index is 0.0945. The molecule has 2 aromatic carbocycles. The molecule has 0 saturated heterocycles. The van der Waals surface area contributed by atoms with Crippen LogP contribution in [0.1, 0.15) is 47.9 Å². The predicted octanol–water partition coefficient (Wildman–Crippen LogP) is 6.58. The maximum atomic E-state index is 14.1. The van der Waals surface area contributed by atoms with Crippen molar-refractivity contribution in [3.05, 3.63) is 67.1 Å². The zero-order valence-corrected chi connectivity index (χ0v) is 17.1. The molecule has 0 fully saturated rings. The van der Waals surface area contributed by atoms with Crippen LogP contribution in [0.2, 0.25) is 0 Å². The summed E-state index contributed by atoms with van der Waals surface area (Å²) < 4.78 is 28.8. The Morgan fingerprint density at radius 2 is 1.17 bits per heavy atom. The number of aryl methyl sites for hydroxylation is 2. The molecule has 0 aliphatic rings. The summed E-state index contributed by atoms with van der Waals surface area (Å²) in [5, 5.41) is 0. The fraction of sp³-hybridized carbons (Fsp3) is 0.316. The number of rotatable bonds is 4. The van der Waals surface area contributed by atoms with E-state index in [-0.39, 0.29) is 17.4 Å². The van der Waals surface area contributed by atoms with E-state index in [0.717, 1.165) is 0 Å². The van der Waals surface area contributed by atoms with Gasteiger partial charge in [0.1, 0.15) is 17.4 Å². The van der Waals surface area contributed by atoms with E-state index in [4.69, 9.17) is 0 Å². The van der Waals surface area contributed by atoms with Crippen LogP contribution < -0.4 is 0 Å². The molecule has 0 aliphatic carbocycles. The monoisotopic (exact) mass is 458 g/mol. The highest BCUT2D eigenvalue weighted by atomic mass is 79.9. The largest absolute Gasteiger partial charge is 0.298 e. The highest BCUT2D eigenvalue weighted by Crippen LogP contribution is 2.36. The lowest BCUT2D eigenvalue weighted by Gasteiger charge is -2.20. The molecule has 0 amide bonds. The Morgan fingerprint density at radius 3 is 1.50 bits per heavy atom. The SMILES string of the molecule is Cc1ccc(C(C)C(=O)C(C)c2ccc(C)c(F)c2Br)c(Br)c1F. The number of halogens is 4. The minimum atomic E-state index is -0.513. The van der Waals surface area contributed by atoms with Gasteiger partial charge in [0.15, 0.2) is 0 Å². The molecule has 2 aromatic rings. The third-order valence-electron chi connectivity index (χ3n) is 4.40. The van der Waals surface area contributed by atoms with Crippen molar-refractivity contribution < 1.29 is 13.6 Å². The molecule has 0 aliphatic heterocycles. The van der Waals surface area contributed by atoms with E-state index in [0.29, 0.717) is 31.2 Å². The van der Waals surface area contributed by atoms with E-state index in [9.17, 15) is 13.6 Å². The minimum Gasteiger partial charge on any atom is -0.298 e. The maximum Gasteiger partial charge on any atom is 0.147 e. The van der Waals surface area contributed by atoms with Crippen LogP contribution in [0.5, 0.6) is 0 Å². The lowest BCUT2D eigenvalue weighted by molar-refractivity contribution is -0.121. The van der Waals surface area contributed by atoms with Gasteiger partial charge in [-0.2, -0.15) is 0 Å². The molecule has 0 aromatic heterocycles. The molecule has 0 radical (unpaired) electrons. The van der Waals surface area contributed by atoms with E-state index in [1.165, 1.54) is 0 Å². The number of hydrogen-bond acceptors (Lipinski definition) is 1. The van der Waals surface area contributed by atoms with Crippen molar-refractivity contribution in [1.29, 1.82) is 0 Å². The van der Waals surface area contributed by atoms with Crippen LogP contribution in [0.25, 0.3) is 0 Å². The Balaban J connectivity index is 2.38. The van der Waals surface area contributed by atoms with Crippen LogP contribution in [-0.2, 0) is 4.79 Å². The zero-order chi connectivity index (χ0) is 18.2. The first kappa shape index (κ1) is 19.3. The molecule has 128 valence electrons. The third-order valence-corrected chi connectivity index (χ3v) is 6.01. The van der Waals surface area contributed by atoms with Gasteiger partial charge in [0.25, 0.3) is 0 Å². The van der Waals surface area contributed by atoms with Gasteiger partial charge in [-0.3, -0.25) is 4.79 Å². The number of carbonyl (C=O) groups is 1. The average molecular weight is 460 g/mol. The Hall–Kier alpha value is -1.07. The first-order valence-electron chi connectivity index (χ1n) is 7.59. The zero-order valence-electron chi connectivity index (χ0n) is 13.9. The molecule has 0 heterocycles. The van der Waals surface area contributed by atoms with Crippen molar-refractivity contribution in [2.45, 2.75) is 39.5 Å². The topological polar surface area (TPSA) is 17.1 Å². The first-order valence-corrected chi connectivity index (χ1v) is 9.18. The normalized spacial score (nSPS) is 13.7. The number of hydrogen-bond donors (Lipinski definition) is 0. The van der Waals surface area contributed by atoms with Crippen LogP contribution >= 0.6 is 31.9 Å². The molecule has 24 heavy (non-hydrogen) atoms. The van der Waals surface area contributed by atoms with Gasteiger partial charge in [-0.25, -0.2) is 8.78 Å². The number of benzene rings is 2. The summed E-state index contributed by atoms with van der Waals surface area (Å²) in [6, 6.07) is 6.82. The van der Waals surface area contributed by atoms with Gasteiger partial charge in [0.2, 0.25) is 0 Å². The second-order valence-electron chi connectivity index (χ2n) is 6.05. The van der Waals surface area contributed by atoms with Gasteiger partial charge in [-0.1, -0.05) is 38.1 Å². The summed E-state index contributed by atoms with van der Waals surface area (Å²) in [5.41, 5.74) is 2.22. The Labute approximate surface area is 157 Å². The second kappa shape index (κ2) is 7.44. The highest BCUT2D eigenvalue weighted by molar-refractivity contribution is 9.10. The molecule has 2 unspecified atom stereocenters. The molecule has 1 nitrogen and oxygen atoms in total. The van der Waals surface area contributed by atoms with Gasteiger partial charge in [0.05, 0.1) is 8.95 Å². The molecule has 0 bridgehead atoms. The third kappa shape index (κ3) is 3.47. The van der Waals surface area contributed by atoms with Crippen LogP contribution in [0, 0.1) is 25.5 Å². The molecule has 0 N–H and O–H groups in total. The van der Waals surface area contributed by atoms with Crippen molar-refractivity contribution in [2.24, 2.45) is 0 Å². The summed E-state index contributed by atoms with van der Waals surface area (Å²) in [7, 11) is 0. The predicted molar refractivity (Wildman–Crippen MR) is 99.5 cm³/mol. The number of ketones is 1.